The van der Waals surface area contributed by atoms with Crippen molar-refractivity contribution in [2.24, 2.45) is 0 Å². The van der Waals surface area contributed by atoms with Gasteiger partial charge in [-0.25, -0.2) is 0 Å². The highest BCUT2D eigenvalue weighted by atomic mass is 32.2. The van der Waals surface area contributed by atoms with Crippen LogP contribution in [-0.4, -0.2) is 30.6 Å². The molecule has 4 rings (SSSR count). The fourth-order valence-corrected chi connectivity index (χ4v) is 4.93. The maximum absolute atomic E-state index is 13.0. The Morgan fingerprint density at radius 2 is 1.62 bits per heavy atom. The van der Waals surface area contributed by atoms with Crippen molar-refractivity contribution in [1.29, 1.82) is 0 Å². The molecule has 3 aromatic carbocycles. The Kier molecular flexibility index (Phi) is 7.55. The smallest absolute Gasteiger partial charge is 0.270 e. The number of methoxy groups -OCH3 is 1. The van der Waals surface area contributed by atoms with E-state index in [1.807, 2.05) is 86.7 Å². The number of ether oxygens (including phenoxy) is 3. The van der Waals surface area contributed by atoms with Gasteiger partial charge in [0.1, 0.15) is 19.0 Å². The lowest BCUT2D eigenvalue weighted by Gasteiger charge is -2.14. The third-order valence-corrected chi connectivity index (χ3v) is 6.59. The van der Waals surface area contributed by atoms with E-state index in [1.54, 1.807) is 12.0 Å². The minimum atomic E-state index is -0.135. The van der Waals surface area contributed by atoms with E-state index in [2.05, 4.69) is 0 Å². The Balaban J connectivity index is 1.42. The summed E-state index contributed by atoms with van der Waals surface area (Å²) in [6, 6.07) is 21.0. The lowest BCUT2D eigenvalue weighted by molar-refractivity contribution is -0.113. The summed E-state index contributed by atoms with van der Waals surface area (Å²) < 4.78 is 17.8. The lowest BCUT2D eigenvalue weighted by Crippen LogP contribution is -2.27. The summed E-state index contributed by atoms with van der Waals surface area (Å²) in [5.41, 5.74) is 3.78. The van der Waals surface area contributed by atoms with E-state index in [0.717, 1.165) is 28.1 Å². The summed E-state index contributed by atoms with van der Waals surface area (Å²) in [5.74, 6) is 1.95. The van der Waals surface area contributed by atoms with Crippen LogP contribution in [-0.2, 0) is 4.79 Å². The summed E-state index contributed by atoms with van der Waals surface area (Å²) in [6.07, 6.45) is 1.82. The molecular formula is C27H25NO4S2. The van der Waals surface area contributed by atoms with E-state index in [-0.39, 0.29) is 5.91 Å². The number of hydrogen-bond acceptors (Lipinski definition) is 6. The molecule has 0 N–H and O–H groups in total. The van der Waals surface area contributed by atoms with E-state index in [1.165, 1.54) is 11.8 Å². The predicted octanol–water partition coefficient (Wildman–Crippen LogP) is 6.18. The predicted molar refractivity (Wildman–Crippen MR) is 142 cm³/mol. The lowest BCUT2D eigenvalue weighted by atomic mass is 10.1. The first-order valence-electron chi connectivity index (χ1n) is 10.8. The van der Waals surface area contributed by atoms with Crippen LogP contribution in [0.4, 0.5) is 5.69 Å². The summed E-state index contributed by atoms with van der Waals surface area (Å²) in [5, 5.41) is 0. The number of benzene rings is 3. The monoisotopic (exact) mass is 491 g/mol. The van der Waals surface area contributed by atoms with Crippen molar-refractivity contribution in [3.05, 3.63) is 88.3 Å². The number of thiocarbonyl (C=S) groups is 1. The number of aryl methyl sites for hydroxylation is 2. The normalized spacial score (nSPS) is 14.6. The molecule has 5 nitrogen and oxygen atoms in total. The van der Waals surface area contributed by atoms with Gasteiger partial charge in [-0.15, -0.1) is 0 Å². The maximum atomic E-state index is 13.0. The zero-order valence-corrected chi connectivity index (χ0v) is 20.9. The van der Waals surface area contributed by atoms with E-state index in [0.29, 0.717) is 33.9 Å². The Morgan fingerprint density at radius 3 is 2.32 bits per heavy atom. The van der Waals surface area contributed by atoms with Crippen LogP contribution in [0, 0.1) is 13.8 Å². The first-order valence-corrected chi connectivity index (χ1v) is 12.0. The maximum Gasteiger partial charge on any atom is 0.270 e. The fraction of sp³-hybridized carbons (Fsp3) is 0.185. The zero-order chi connectivity index (χ0) is 24.1. The quantitative estimate of drug-likeness (QED) is 0.213. The molecule has 0 aromatic heterocycles. The molecule has 3 aromatic rings. The largest absolute Gasteiger partial charge is 0.493 e. The van der Waals surface area contributed by atoms with Crippen LogP contribution in [0.3, 0.4) is 0 Å². The number of hydrogen-bond donors (Lipinski definition) is 0. The molecule has 1 amide bonds. The molecule has 1 saturated heterocycles. The van der Waals surface area contributed by atoms with Gasteiger partial charge in [0.2, 0.25) is 0 Å². The Hall–Kier alpha value is -3.29. The fourth-order valence-electron chi connectivity index (χ4n) is 3.63. The van der Waals surface area contributed by atoms with Crippen LogP contribution in [0.2, 0.25) is 0 Å². The van der Waals surface area contributed by atoms with Crippen molar-refractivity contribution in [3.8, 4) is 17.2 Å². The van der Waals surface area contributed by atoms with Gasteiger partial charge in [-0.2, -0.15) is 0 Å². The second-order valence-electron chi connectivity index (χ2n) is 7.68. The first-order chi connectivity index (χ1) is 16.5. The van der Waals surface area contributed by atoms with Gasteiger partial charge in [-0.1, -0.05) is 66.4 Å². The van der Waals surface area contributed by atoms with Crippen molar-refractivity contribution >= 4 is 46.0 Å². The number of para-hydroxylation sites is 2. The number of carbonyl (C=O) groups excluding carboxylic acids is 1. The second kappa shape index (κ2) is 10.8. The third-order valence-electron chi connectivity index (χ3n) is 5.29. The minimum Gasteiger partial charge on any atom is -0.493 e. The molecule has 0 spiro atoms. The molecule has 0 radical (unpaired) electrons. The molecule has 0 bridgehead atoms. The number of nitrogens with zero attached hydrogens (tertiary/aromatic N) is 1. The average molecular weight is 492 g/mol. The van der Waals surface area contributed by atoms with Gasteiger partial charge >= 0.3 is 0 Å². The number of amides is 1. The van der Waals surface area contributed by atoms with Gasteiger partial charge < -0.3 is 14.2 Å². The van der Waals surface area contributed by atoms with Crippen LogP contribution in [0.1, 0.15) is 16.7 Å². The molecule has 0 atom stereocenters. The van der Waals surface area contributed by atoms with Gasteiger partial charge in [0.15, 0.2) is 15.8 Å². The average Bonchev–Trinajstić information content (AvgIpc) is 3.11. The highest BCUT2D eigenvalue weighted by Crippen LogP contribution is 2.37. The number of anilines is 1. The van der Waals surface area contributed by atoms with Crippen LogP contribution in [0.5, 0.6) is 17.2 Å². The minimum absolute atomic E-state index is 0.135. The Morgan fingerprint density at radius 1 is 0.912 bits per heavy atom. The Labute approximate surface area is 209 Å². The SMILES string of the molecule is COc1cc(/C=C2\SC(=S)N(c3ccccc3)C2=O)ccc1OCCOc1c(C)cccc1C. The highest BCUT2D eigenvalue weighted by Gasteiger charge is 2.33. The summed E-state index contributed by atoms with van der Waals surface area (Å²) in [4.78, 5) is 15.1. The van der Waals surface area contributed by atoms with Crippen molar-refractivity contribution in [2.75, 3.05) is 25.2 Å². The van der Waals surface area contributed by atoms with Gasteiger partial charge in [0.25, 0.3) is 5.91 Å². The van der Waals surface area contributed by atoms with Crippen molar-refractivity contribution in [3.63, 3.8) is 0 Å². The molecule has 1 aliphatic rings. The van der Waals surface area contributed by atoms with E-state index < -0.39 is 0 Å². The molecule has 34 heavy (non-hydrogen) atoms. The van der Waals surface area contributed by atoms with E-state index in [4.69, 9.17) is 26.4 Å². The molecular weight excluding hydrogens is 466 g/mol. The number of carbonyl (C=O) groups is 1. The van der Waals surface area contributed by atoms with Crippen molar-refractivity contribution in [2.45, 2.75) is 13.8 Å². The topological polar surface area (TPSA) is 48.0 Å². The molecule has 1 aliphatic heterocycles. The second-order valence-corrected chi connectivity index (χ2v) is 9.36. The molecule has 1 fully saturated rings. The van der Waals surface area contributed by atoms with Crippen molar-refractivity contribution in [1.82, 2.24) is 0 Å². The highest BCUT2D eigenvalue weighted by molar-refractivity contribution is 8.27. The standard InChI is InChI=1S/C27H25NO4S2/c1-18-8-7-9-19(2)25(18)32-15-14-31-22-13-12-20(16-23(22)30-3)17-24-26(29)28(27(33)34-24)21-10-5-4-6-11-21/h4-13,16-17H,14-15H2,1-3H3/b24-17-. The molecule has 0 aliphatic carbocycles. The van der Waals surface area contributed by atoms with Crippen molar-refractivity contribution < 1.29 is 19.0 Å². The molecule has 0 saturated carbocycles. The van der Waals surface area contributed by atoms with Crippen LogP contribution in [0.15, 0.2) is 71.6 Å². The number of rotatable bonds is 8. The van der Waals surface area contributed by atoms with Gasteiger partial charge in [0.05, 0.1) is 17.7 Å². The van der Waals surface area contributed by atoms with Crippen LogP contribution < -0.4 is 19.1 Å². The third kappa shape index (κ3) is 5.26. The van der Waals surface area contributed by atoms with E-state index >= 15 is 0 Å². The van der Waals surface area contributed by atoms with Crippen LogP contribution >= 0.6 is 24.0 Å². The van der Waals surface area contributed by atoms with Gasteiger partial charge in [-0.3, -0.25) is 9.69 Å². The summed E-state index contributed by atoms with van der Waals surface area (Å²) >= 11 is 6.73. The van der Waals surface area contributed by atoms with E-state index in [9.17, 15) is 4.79 Å². The number of thioether (sulfide) groups is 1. The van der Waals surface area contributed by atoms with Gasteiger partial charge in [0, 0.05) is 0 Å². The first kappa shape index (κ1) is 23.9. The zero-order valence-electron chi connectivity index (χ0n) is 19.2. The van der Waals surface area contributed by atoms with Gasteiger partial charge in [-0.05, 0) is 60.9 Å². The molecule has 174 valence electrons. The molecule has 0 unspecified atom stereocenters. The Bertz CT molecular complexity index is 1220. The van der Waals surface area contributed by atoms with Crippen LogP contribution in [0.25, 0.3) is 6.08 Å². The molecule has 7 heteroatoms. The summed E-state index contributed by atoms with van der Waals surface area (Å²) in [6.45, 7) is 4.84. The summed E-state index contributed by atoms with van der Waals surface area (Å²) in [7, 11) is 1.59. The molecule has 1 heterocycles.